The van der Waals surface area contributed by atoms with Crippen molar-refractivity contribution in [1.82, 2.24) is 10.2 Å². The number of carboxylic acid groups (broad SMARTS) is 1. The van der Waals surface area contributed by atoms with E-state index in [4.69, 9.17) is 5.11 Å². The average molecular weight is 232 g/mol. The SMILES string of the molecule is CC(C)NC(=O)CN(C)CC(C)(O)C(=O)O. The van der Waals surface area contributed by atoms with Crippen LogP contribution in [0, 0.1) is 0 Å². The van der Waals surface area contributed by atoms with E-state index >= 15 is 0 Å². The fraction of sp³-hybridized carbons (Fsp3) is 0.800. The van der Waals surface area contributed by atoms with Gasteiger partial charge in [-0.25, -0.2) is 4.79 Å². The van der Waals surface area contributed by atoms with Crippen molar-refractivity contribution >= 4 is 11.9 Å². The van der Waals surface area contributed by atoms with Crippen LogP contribution in [0.25, 0.3) is 0 Å². The van der Waals surface area contributed by atoms with Gasteiger partial charge in [0.1, 0.15) is 0 Å². The molecule has 0 radical (unpaired) electrons. The van der Waals surface area contributed by atoms with Crippen molar-refractivity contribution in [1.29, 1.82) is 0 Å². The molecule has 94 valence electrons. The number of likely N-dealkylation sites (N-methyl/N-ethyl adjacent to an activating group) is 1. The first kappa shape index (κ1) is 14.9. The average Bonchev–Trinajstić information content (AvgIpc) is 1.99. The number of hydrogen-bond donors (Lipinski definition) is 3. The number of carbonyl (C=O) groups is 2. The summed E-state index contributed by atoms with van der Waals surface area (Å²) in [6, 6.07) is 0.0425. The van der Waals surface area contributed by atoms with Crippen LogP contribution in [-0.2, 0) is 9.59 Å². The van der Waals surface area contributed by atoms with Crippen LogP contribution in [0.2, 0.25) is 0 Å². The Morgan fingerprint density at radius 3 is 2.31 bits per heavy atom. The van der Waals surface area contributed by atoms with Gasteiger partial charge in [0.05, 0.1) is 6.54 Å². The van der Waals surface area contributed by atoms with Gasteiger partial charge in [0.15, 0.2) is 5.60 Å². The third-order valence-corrected chi connectivity index (χ3v) is 1.90. The fourth-order valence-corrected chi connectivity index (χ4v) is 1.26. The van der Waals surface area contributed by atoms with Gasteiger partial charge in [-0.3, -0.25) is 9.69 Å². The lowest BCUT2D eigenvalue weighted by molar-refractivity contribution is -0.158. The summed E-state index contributed by atoms with van der Waals surface area (Å²) in [5.41, 5.74) is -1.84. The molecule has 6 nitrogen and oxygen atoms in total. The number of rotatable bonds is 6. The molecule has 6 heteroatoms. The molecular weight excluding hydrogens is 212 g/mol. The zero-order valence-electron chi connectivity index (χ0n) is 10.1. The smallest absolute Gasteiger partial charge is 0.336 e. The Balaban J connectivity index is 4.13. The van der Waals surface area contributed by atoms with Gasteiger partial charge in [-0.05, 0) is 27.8 Å². The van der Waals surface area contributed by atoms with Crippen molar-refractivity contribution < 1.29 is 19.8 Å². The van der Waals surface area contributed by atoms with Gasteiger partial charge in [0, 0.05) is 12.6 Å². The van der Waals surface area contributed by atoms with Gasteiger partial charge in [-0.2, -0.15) is 0 Å². The molecule has 0 saturated carbocycles. The summed E-state index contributed by atoms with van der Waals surface area (Å²) in [6.07, 6.45) is 0. The van der Waals surface area contributed by atoms with E-state index in [9.17, 15) is 14.7 Å². The van der Waals surface area contributed by atoms with Crippen LogP contribution in [0.4, 0.5) is 0 Å². The first-order chi connectivity index (χ1) is 7.15. The molecule has 0 heterocycles. The van der Waals surface area contributed by atoms with Crippen LogP contribution in [0.5, 0.6) is 0 Å². The largest absolute Gasteiger partial charge is 0.479 e. The van der Waals surface area contributed by atoms with E-state index in [-0.39, 0.29) is 25.0 Å². The zero-order valence-corrected chi connectivity index (χ0v) is 10.1. The van der Waals surface area contributed by atoms with Crippen molar-refractivity contribution in [3.63, 3.8) is 0 Å². The summed E-state index contributed by atoms with van der Waals surface area (Å²) in [5, 5.41) is 20.9. The van der Waals surface area contributed by atoms with E-state index in [2.05, 4.69) is 5.32 Å². The topological polar surface area (TPSA) is 89.9 Å². The molecule has 0 fully saturated rings. The Kier molecular flexibility index (Phi) is 5.40. The predicted octanol–water partition coefficient (Wildman–Crippen LogP) is -0.722. The highest BCUT2D eigenvalue weighted by molar-refractivity contribution is 5.79. The second-order valence-electron chi connectivity index (χ2n) is 4.47. The molecule has 16 heavy (non-hydrogen) atoms. The summed E-state index contributed by atoms with van der Waals surface area (Å²) in [5.74, 6) is -1.50. The maximum Gasteiger partial charge on any atom is 0.336 e. The Morgan fingerprint density at radius 2 is 1.94 bits per heavy atom. The molecule has 0 aromatic heterocycles. The molecule has 1 atom stereocenters. The molecule has 0 aromatic rings. The second-order valence-corrected chi connectivity index (χ2v) is 4.47. The molecule has 0 bridgehead atoms. The number of hydrogen-bond acceptors (Lipinski definition) is 4. The highest BCUT2D eigenvalue weighted by Gasteiger charge is 2.31. The molecule has 0 spiro atoms. The summed E-state index contributed by atoms with van der Waals surface area (Å²) in [7, 11) is 1.58. The quantitative estimate of drug-likeness (QED) is 0.562. The molecule has 1 amide bonds. The first-order valence-electron chi connectivity index (χ1n) is 5.09. The predicted molar refractivity (Wildman–Crippen MR) is 59.0 cm³/mol. The Hall–Kier alpha value is -1.14. The molecule has 0 rings (SSSR count). The van der Waals surface area contributed by atoms with E-state index in [1.165, 1.54) is 11.8 Å². The molecule has 0 aliphatic carbocycles. The molecule has 0 aromatic carbocycles. The number of nitrogens with zero attached hydrogens (tertiary/aromatic N) is 1. The normalized spacial score (nSPS) is 14.9. The third kappa shape index (κ3) is 5.67. The third-order valence-electron chi connectivity index (χ3n) is 1.90. The molecule has 0 saturated heterocycles. The first-order valence-corrected chi connectivity index (χ1v) is 5.09. The van der Waals surface area contributed by atoms with Gasteiger partial charge in [-0.15, -0.1) is 0 Å². The van der Waals surface area contributed by atoms with Crippen molar-refractivity contribution in [3.05, 3.63) is 0 Å². The highest BCUT2D eigenvalue weighted by Crippen LogP contribution is 2.04. The summed E-state index contributed by atoms with van der Waals surface area (Å²) in [6.45, 7) is 4.83. The second kappa shape index (κ2) is 5.81. The van der Waals surface area contributed by atoms with E-state index < -0.39 is 11.6 Å². The van der Waals surface area contributed by atoms with Crippen LogP contribution in [0.15, 0.2) is 0 Å². The van der Waals surface area contributed by atoms with E-state index in [0.29, 0.717) is 0 Å². The monoisotopic (exact) mass is 232 g/mol. The molecular formula is C10H20N2O4. The Morgan fingerprint density at radius 1 is 1.44 bits per heavy atom. The van der Waals surface area contributed by atoms with Gasteiger partial charge in [0.2, 0.25) is 5.91 Å². The summed E-state index contributed by atoms with van der Waals surface area (Å²) in [4.78, 5) is 23.4. The van der Waals surface area contributed by atoms with Crippen molar-refractivity contribution in [2.24, 2.45) is 0 Å². The lowest BCUT2D eigenvalue weighted by Crippen LogP contribution is -2.48. The molecule has 0 aliphatic rings. The van der Waals surface area contributed by atoms with Crippen molar-refractivity contribution in [2.45, 2.75) is 32.4 Å². The van der Waals surface area contributed by atoms with Crippen molar-refractivity contribution in [3.8, 4) is 0 Å². The fourth-order valence-electron chi connectivity index (χ4n) is 1.26. The van der Waals surface area contributed by atoms with Crippen LogP contribution >= 0.6 is 0 Å². The molecule has 0 aliphatic heterocycles. The van der Waals surface area contributed by atoms with Gasteiger partial charge in [0.25, 0.3) is 0 Å². The minimum Gasteiger partial charge on any atom is -0.479 e. The number of nitrogens with one attached hydrogen (secondary N) is 1. The maximum absolute atomic E-state index is 11.3. The van der Waals surface area contributed by atoms with Crippen LogP contribution in [0.3, 0.4) is 0 Å². The van der Waals surface area contributed by atoms with Crippen LogP contribution in [0.1, 0.15) is 20.8 Å². The summed E-state index contributed by atoms with van der Waals surface area (Å²) >= 11 is 0. The number of carboxylic acids is 1. The lowest BCUT2D eigenvalue weighted by Gasteiger charge is -2.25. The van der Waals surface area contributed by atoms with E-state index in [0.717, 1.165) is 0 Å². The molecule has 1 unspecified atom stereocenters. The van der Waals surface area contributed by atoms with Crippen LogP contribution in [-0.4, -0.2) is 58.8 Å². The number of carbonyl (C=O) groups excluding carboxylic acids is 1. The van der Waals surface area contributed by atoms with Gasteiger partial charge >= 0.3 is 5.97 Å². The minimum atomic E-state index is -1.84. The number of aliphatic carboxylic acids is 1. The number of amides is 1. The lowest BCUT2D eigenvalue weighted by atomic mass is 10.1. The minimum absolute atomic E-state index is 0.0425. The van der Waals surface area contributed by atoms with Gasteiger partial charge in [-0.1, -0.05) is 0 Å². The zero-order chi connectivity index (χ0) is 12.9. The Labute approximate surface area is 95.2 Å². The standard InChI is InChI=1S/C10H20N2O4/c1-7(2)11-8(13)5-12(4)6-10(3,16)9(14)15/h7,16H,5-6H2,1-4H3,(H,11,13)(H,14,15). The number of aliphatic hydroxyl groups is 1. The highest BCUT2D eigenvalue weighted by atomic mass is 16.4. The van der Waals surface area contributed by atoms with E-state index in [1.807, 2.05) is 13.8 Å². The molecule has 3 N–H and O–H groups in total. The summed E-state index contributed by atoms with van der Waals surface area (Å²) < 4.78 is 0. The maximum atomic E-state index is 11.3. The van der Waals surface area contributed by atoms with E-state index in [1.54, 1.807) is 7.05 Å². The van der Waals surface area contributed by atoms with Crippen LogP contribution < -0.4 is 5.32 Å². The Bertz CT molecular complexity index is 264. The van der Waals surface area contributed by atoms with Crippen molar-refractivity contribution in [2.75, 3.05) is 20.1 Å². The van der Waals surface area contributed by atoms with Gasteiger partial charge < -0.3 is 15.5 Å².